The van der Waals surface area contributed by atoms with Crippen LogP contribution in [-0.4, -0.2) is 17.0 Å². The van der Waals surface area contributed by atoms with Crippen LogP contribution in [0.15, 0.2) is 35.5 Å². The van der Waals surface area contributed by atoms with Crippen LogP contribution in [0.3, 0.4) is 0 Å². The molecule has 0 amide bonds. The van der Waals surface area contributed by atoms with E-state index in [4.69, 9.17) is 0 Å². The number of allylic oxidation sites excluding steroid dienone is 5. The van der Waals surface area contributed by atoms with Gasteiger partial charge in [0, 0.05) is 5.41 Å². The summed E-state index contributed by atoms with van der Waals surface area (Å²) in [5.41, 5.74) is 2.53. The Labute approximate surface area is 152 Å². The summed E-state index contributed by atoms with van der Waals surface area (Å²) in [5.74, 6) is 2.19. The molecule has 0 radical (unpaired) electrons. The van der Waals surface area contributed by atoms with E-state index in [0.717, 1.165) is 31.3 Å². The Kier molecular flexibility index (Phi) is 4.11. The van der Waals surface area contributed by atoms with E-state index in [1.807, 2.05) is 19.1 Å². The zero-order valence-corrected chi connectivity index (χ0v) is 15.9. The highest BCUT2D eigenvalue weighted by Crippen LogP contribution is 2.66. The SMILES string of the molecule is CC=C[C@]12CC(=CC)C(=O)C=C1CC[C@@H]1[C@H]2CC[C@]2(C)C(O)CC[C@@H]12. The average Bonchev–Trinajstić information content (AvgIpc) is 2.90. The molecule has 3 fully saturated rings. The van der Waals surface area contributed by atoms with Crippen molar-refractivity contribution in [3.63, 3.8) is 0 Å². The normalized spacial score (nSPS) is 48.2. The van der Waals surface area contributed by atoms with Crippen LogP contribution in [0.2, 0.25) is 0 Å². The van der Waals surface area contributed by atoms with Gasteiger partial charge in [-0.05, 0) is 93.6 Å². The smallest absolute Gasteiger partial charge is 0.181 e. The predicted octanol–water partition coefficient (Wildman–Crippen LogP) is 4.99. The molecule has 0 bridgehead atoms. The minimum atomic E-state index is -0.118. The Bertz CT molecular complexity index is 670. The number of hydrogen-bond acceptors (Lipinski definition) is 2. The Morgan fingerprint density at radius 2 is 1.96 bits per heavy atom. The lowest BCUT2D eigenvalue weighted by atomic mass is 9.46. The fourth-order valence-electron chi connectivity index (χ4n) is 7.03. The number of fused-ring (bicyclic) bond motifs is 5. The van der Waals surface area contributed by atoms with Crippen LogP contribution in [0, 0.1) is 28.6 Å². The lowest BCUT2D eigenvalue weighted by Crippen LogP contribution is -2.51. The highest BCUT2D eigenvalue weighted by molar-refractivity contribution is 6.05. The van der Waals surface area contributed by atoms with Gasteiger partial charge in [-0.3, -0.25) is 4.79 Å². The molecule has 0 aliphatic heterocycles. The van der Waals surface area contributed by atoms with E-state index in [2.05, 4.69) is 26.0 Å². The zero-order chi connectivity index (χ0) is 17.8. The van der Waals surface area contributed by atoms with Crippen molar-refractivity contribution in [2.45, 2.75) is 71.8 Å². The summed E-state index contributed by atoms with van der Waals surface area (Å²) in [6.07, 6.45) is 16.1. The average molecular weight is 341 g/mol. The maximum absolute atomic E-state index is 12.5. The zero-order valence-electron chi connectivity index (χ0n) is 15.9. The molecular formula is C23H32O2. The van der Waals surface area contributed by atoms with Crippen molar-refractivity contribution in [2.75, 3.05) is 0 Å². The first-order chi connectivity index (χ1) is 12.0. The van der Waals surface area contributed by atoms with Gasteiger partial charge < -0.3 is 5.11 Å². The van der Waals surface area contributed by atoms with Crippen LogP contribution in [0.5, 0.6) is 0 Å². The molecule has 4 aliphatic rings. The van der Waals surface area contributed by atoms with Crippen LogP contribution in [0.4, 0.5) is 0 Å². The minimum absolute atomic E-state index is 0.0439. The maximum Gasteiger partial charge on any atom is 0.181 e. The Morgan fingerprint density at radius 1 is 1.16 bits per heavy atom. The van der Waals surface area contributed by atoms with E-state index < -0.39 is 0 Å². The molecular weight excluding hydrogens is 308 g/mol. The summed E-state index contributed by atoms with van der Waals surface area (Å²) >= 11 is 0. The second-order valence-corrected chi connectivity index (χ2v) is 9.12. The first-order valence-corrected chi connectivity index (χ1v) is 10.2. The van der Waals surface area contributed by atoms with Gasteiger partial charge in [0.15, 0.2) is 5.78 Å². The van der Waals surface area contributed by atoms with Crippen LogP contribution in [0.25, 0.3) is 0 Å². The Hall–Kier alpha value is -1.15. The summed E-state index contributed by atoms with van der Waals surface area (Å²) in [7, 11) is 0. The van der Waals surface area contributed by atoms with Crippen molar-refractivity contribution in [1.82, 2.24) is 0 Å². The third-order valence-corrected chi connectivity index (χ3v) is 8.31. The van der Waals surface area contributed by atoms with E-state index in [0.29, 0.717) is 17.8 Å². The Balaban J connectivity index is 1.78. The predicted molar refractivity (Wildman–Crippen MR) is 101 cm³/mol. The van der Waals surface area contributed by atoms with Crippen molar-refractivity contribution in [3.05, 3.63) is 35.5 Å². The Morgan fingerprint density at radius 3 is 2.68 bits per heavy atom. The maximum atomic E-state index is 12.5. The molecule has 3 saturated carbocycles. The molecule has 1 unspecified atom stereocenters. The van der Waals surface area contributed by atoms with Gasteiger partial charge in [0.1, 0.15) is 0 Å². The third-order valence-electron chi connectivity index (χ3n) is 8.31. The van der Waals surface area contributed by atoms with E-state index in [-0.39, 0.29) is 22.7 Å². The van der Waals surface area contributed by atoms with Gasteiger partial charge in [-0.15, -0.1) is 0 Å². The quantitative estimate of drug-likeness (QED) is 0.539. The topological polar surface area (TPSA) is 37.3 Å². The van der Waals surface area contributed by atoms with Crippen molar-refractivity contribution < 1.29 is 9.90 Å². The fourth-order valence-corrected chi connectivity index (χ4v) is 7.03. The standard InChI is InChI=1S/C23H32O2/c1-4-11-23-14-15(5-2)20(24)13-16(23)6-7-17-18-8-9-21(25)22(18,3)12-10-19(17)23/h4-5,11,13,17-19,21,25H,6-10,12,14H2,1-3H3/t17-,18-,19+,21?,22-,23-/m0/s1. The molecule has 6 atom stereocenters. The number of aliphatic hydroxyl groups excluding tert-OH is 1. The number of rotatable bonds is 1. The number of carbonyl (C=O) groups excluding carboxylic acids is 1. The summed E-state index contributed by atoms with van der Waals surface area (Å²) < 4.78 is 0. The van der Waals surface area contributed by atoms with Gasteiger partial charge >= 0.3 is 0 Å². The van der Waals surface area contributed by atoms with Crippen LogP contribution >= 0.6 is 0 Å². The molecule has 1 N–H and O–H groups in total. The van der Waals surface area contributed by atoms with Gasteiger partial charge in [-0.25, -0.2) is 0 Å². The summed E-state index contributed by atoms with van der Waals surface area (Å²) in [5, 5.41) is 10.6. The first kappa shape index (κ1) is 17.3. The van der Waals surface area contributed by atoms with E-state index >= 15 is 0 Å². The molecule has 0 aromatic carbocycles. The van der Waals surface area contributed by atoms with E-state index in [9.17, 15) is 9.90 Å². The molecule has 4 rings (SSSR count). The molecule has 136 valence electrons. The highest BCUT2D eigenvalue weighted by atomic mass is 16.3. The second kappa shape index (κ2) is 5.94. The van der Waals surface area contributed by atoms with Gasteiger partial charge in [0.05, 0.1) is 6.10 Å². The minimum Gasteiger partial charge on any atom is -0.393 e. The third kappa shape index (κ3) is 2.29. The van der Waals surface area contributed by atoms with Gasteiger partial charge in [0.25, 0.3) is 0 Å². The lowest BCUT2D eigenvalue weighted by molar-refractivity contribution is -0.113. The lowest BCUT2D eigenvalue weighted by Gasteiger charge is -2.58. The number of carbonyl (C=O) groups is 1. The molecule has 0 aromatic rings. The molecule has 2 heteroatoms. The number of hydrogen-bond donors (Lipinski definition) is 1. The number of ketones is 1. The van der Waals surface area contributed by atoms with Crippen LogP contribution in [-0.2, 0) is 4.79 Å². The van der Waals surface area contributed by atoms with Gasteiger partial charge in [0.2, 0.25) is 0 Å². The largest absolute Gasteiger partial charge is 0.393 e. The van der Waals surface area contributed by atoms with Crippen molar-refractivity contribution in [2.24, 2.45) is 28.6 Å². The van der Waals surface area contributed by atoms with Crippen LogP contribution < -0.4 is 0 Å². The van der Waals surface area contributed by atoms with Gasteiger partial charge in [-0.2, -0.15) is 0 Å². The van der Waals surface area contributed by atoms with Crippen molar-refractivity contribution >= 4 is 5.78 Å². The molecule has 0 saturated heterocycles. The van der Waals surface area contributed by atoms with Crippen molar-refractivity contribution in [3.8, 4) is 0 Å². The molecule has 0 spiro atoms. The monoisotopic (exact) mass is 340 g/mol. The second-order valence-electron chi connectivity index (χ2n) is 9.12. The molecule has 4 aliphatic carbocycles. The number of aliphatic hydroxyl groups is 1. The van der Waals surface area contributed by atoms with E-state index in [1.165, 1.54) is 24.8 Å². The summed E-state index contributed by atoms with van der Waals surface area (Å²) in [6.45, 7) is 6.45. The molecule has 2 nitrogen and oxygen atoms in total. The molecule has 0 aromatic heterocycles. The summed E-state index contributed by atoms with van der Waals surface area (Å²) in [4.78, 5) is 12.5. The first-order valence-electron chi connectivity index (χ1n) is 10.2. The molecule has 25 heavy (non-hydrogen) atoms. The fraction of sp³-hybridized carbons (Fsp3) is 0.696. The summed E-state index contributed by atoms with van der Waals surface area (Å²) in [6, 6.07) is 0. The molecule has 0 heterocycles. The van der Waals surface area contributed by atoms with E-state index in [1.54, 1.807) is 0 Å². The highest BCUT2D eigenvalue weighted by Gasteiger charge is 2.59. The van der Waals surface area contributed by atoms with Crippen molar-refractivity contribution in [1.29, 1.82) is 0 Å². The van der Waals surface area contributed by atoms with Gasteiger partial charge in [-0.1, -0.05) is 30.7 Å². The van der Waals surface area contributed by atoms with Crippen LogP contribution in [0.1, 0.15) is 65.7 Å².